The molecule has 0 radical (unpaired) electrons. The third kappa shape index (κ3) is 2.92. The van der Waals surface area contributed by atoms with Gasteiger partial charge >= 0.3 is 12.0 Å². The molecular formula is C17H19N3O3. The summed E-state index contributed by atoms with van der Waals surface area (Å²) in [6, 6.07) is 9.40. The number of hydrogen-bond acceptors (Lipinski definition) is 3. The summed E-state index contributed by atoms with van der Waals surface area (Å²) in [4.78, 5) is 25.8. The summed E-state index contributed by atoms with van der Waals surface area (Å²) < 4.78 is 7.07. The number of fused-ring (bicyclic) bond motifs is 1. The van der Waals surface area contributed by atoms with Crippen LogP contribution in [0.1, 0.15) is 21.6 Å². The van der Waals surface area contributed by atoms with Crippen LogP contribution < -0.4 is 10.2 Å². The molecule has 1 aromatic heterocycles. The van der Waals surface area contributed by atoms with Crippen molar-refractivity contribution in [3.63, 3.8) is 0 Å². The lowest BCUT2D eigenvalue weighted by atomic mass is 10.1. The summed E-state index contributed by atoms with van der Waals surface area (Å²) in [6.07, 6.45) is 1.82. The van der Waals surface area contributed by atoms with Crippen LogP contribution in [0.2, 0.25) is 0 Å². The van der Waals surface area contributed by atoms with Crippen LogP contribution in [0.15, 0.2) is 36.5 Å². The maximum atomic E-state index is 12.2. The Morgan fingerprint density at radius 2 is 2.09 bits per heavy atom. The van der Waals surface area contributed by atoms with Crippen LogP contribution >= 0.6 is 0 Å². The van der Waals surface area contributed by atoms with Gasteiger partial charge in [0.25, 0.3) is 0 Å². The highest BCUT2D eigenvalue weighted by atomic mass is 16.5. The molecule has 6 nitrogen and oxygen atoms in total. The van der Waals surface area contributed by atoms with E-state index in [0.29, 0.717) is 18.8 Å². The molecule has 23 heavy (non-hydrogen) atoms. The van der Waals surface area contributed by atoms with Gasteiger partial charge in [0.2, 0.25) is 0 Å². The minimum atomic E-state index is -0.374. The first-order valence-corrected chi connectivity index (χ1v) is 7.50. The first-order valence-electron chi connectivity index (χ1n) is 7.50. The second-order valence-corrected chi connectivity index (χ2v) is 5.53. The zero-order valence-electron chi connectivity index (χ0n) is 13.2. The van der Waals surface area contributed by atoms with Gasteiger partial charge in [0.05, 0.1) is 12.2 Å². The first-order chi connectivity index (χ1) is 11.1. The molecule has 0 unspecified atom stereocenters. The molecule has 0 aliphatic carbocycles. The number of ether oxygens (including phenoxy) is 1. The quantitative estimate of drug-likeness (QED) is 0.880. The van der Waals surface area contributed by atoms with Crippen LogP contribution in [-0.2, 0) is 18.3 Å². The highest BCUT2D eigenvalue weighted by Gasteiger charge is 2.23. The van der Waals surface area contributed by atoms with Gasteiger partial charge in [-0.2, -0.15) is 0 Å². The van der Waals surface area contributed by atoms with E-state index in [4.69, 9.17) is 4.74 Å². The molecule has 1 aliphatic rings. The van der Waals surface area contributed by atoms with Crippen molar-refractivity contribution in [1.29, 1.82) is 0 Å². The van der Waals surface area contributed by atoms with E-state index in [1.54, 1.807) is 16.5 Å². The zero-order chi connectivity index (χ0) is 16.4. The van der Waals surface area contributed by atoms with Crippen molar-refractivity contribution in [2.24, 2.45) is 7.05 Å². The number of nitrogens with one attached hydrogen (secondary N) is 1. The van der Waals surface area contributed by atoms with Crippen molar-refractivity contribution in [2.45, 2.75) is 13.5 Å². The fourth-order valence-electron chi connectivity index (χ4n) is 2.78. The SMILES string of the molecule is Cc1ccn(C)c1C(=O)OCCN1C(=O)NCc2ccccc21. The number of rotatable bonds is 4. The van der Waals surface area contributed by atoms with Gasteiger partial charge in [-0.3, -0.25) is 4.90 Å². The van der Waals surface area contributed by atoms with Crippen LogP contribution in [0.4, 0.5) is 10.5 Å². The third-order valence-electron chi connectivity index (χ3n) is 3.97. The van der Waals surface area contributed by atoms with E-state index in [-0.39, 0.29) is 18.6 Å². The van der Waals surface area contributed by atoms with Crippen molar-refractivity contribution in [3.05, 3.63) is 53.3 Å². The standard InChI is InChI=1S/C17H19N3O3/c1-12-7-8-19(2)15(12)16(21)23-10-9-20-14-6-4-3-5-13(14)11-18-17(20)22/h3-8H,9-11H2,1-2H3,(H,18,22). The Balaban J connectivity index is 1.65. The molecule has 1 N–H and O–H groups in total. The summed E-state index contributed by atoms with van der Waals surface area (Å²) >= 11 is 0. The van der Waals surface area contributed by atoms with Crippen molar-refractivity contribution in [2.75, 3.05) is 18.1 Å². The van der Waals surface area contributed by atoms with Gasteiger partial charge in [-0.25, -0.2) is 9.59 Å². The number of anilines is 1. The van der Waals surface area contributed by atoms with Crippen LogP contribution in [0.5, 0.6) is 0 Å². The van der Waals surface area contributed by atoms with E-state index < -0.39 is 0 Å². The van der Waals surface area contributed by atoms with Crippen LogP contribution in [0.3, 0.4) is 0 Å². The summed E-state index contributed by atoms with van der Waals surface area (Å²) in [5.41, 5.74) is 3.33. The number of esters is 1. The van der Waals surface area contributed by atoms with E-state index in [0.717, 1.165) is 16.8 Å². The van der Waals surface area contributed by atoms with E-state index in [1.807, 2.05) is 43.5 Å². The van der Waals surface area contributed by atoms with Gasteiger partial charge in [-0.1, -0.05) is 18.2 Å². The van der Waals surface area contributed by atoms with Gasteiger partial charge in [-0.15, -0.1) is 0 Å². The number of aryl methyl sites for hydroxylation is 2. The average Bonchev–Trinajstić information content (AvgIpc) is 2.88. The van der Waals surface area contributed by atoms with Crippen LogP contribution in [0.25, 0.3) is 0 Å². The minimum Gasteiger partial charge on any atom is -0.459 e. The molecule has 0 fully saturated rings. The fourth-order valence-corrected chi connectivity index (χ4v) is 2.78. The molecule has 0 saturated carbocycles. The Morgan fingerprint density at radius 3 is 2.83 bits per heavy atom. The first kappa shape index (κ1) is 15.1. The number of nitrogens with zero attached hydrogens (tertiary/aromatic N) is 2. The molecule has 0 saturated heterocycles. The molecule has 0 spiro atoms. The van der Waals surface area contributed by atoms with E-state index in [9.17, 15) is 9.59 Å². The molecule has 120 valence electrons. The molecule has 2 aromatic rings. The Bertz CT molecular complexity index is 732. The van der Waals surface area contributed by atoms with Crippen molar-refractivity contribution in [1.82, 2.24) is 9.88 Å². The lowest BCUT2D eigenvalue weighted by Gasteiger charge is -2.29. The lowest BCUT2D eigenvalue weighted by molar-refractivity contribution is 0.0503. The van der Waals surface area contributed by atoms with Crippen LogP contribution in [-0.4, -0.2) is 29.7 Å². The van der Waals surface area contributed by atoms with Crippen molar-refractivity contribution < 1.29 is 14.3 Å². The topological polar surface area (TPSA) is 63.6 Å². The van der Waals surface area contributed by atoms with Gasteiger partial charge in [0.15, 0.2) is 0 Å². The number of carbonyl (C=O) groups is 2. The monoisotopic (exact) mass is 313 g/mol. The predicted molar refractivity (Wildman–Crippen MR) is 86.5 cm³/mol. The highest BCUT2D eigenvalue weighted by Crippen LogP contribution is 2.23. The number of carbonyl (C=O) groups excluding carboxylic acids is 2. The summed E-state index contributed by atoms with van der Waals surface area (Å²) in [7, 11) is 1.80. The van der Waals surface area contributed by atoms with E-state index >= 15 is 0 Å². The Kier molecular flexibility index (Phi) is 4.06. The van der Waals surface area contributed by atoms with Gasteiger partial charge in [0, 0.05) is 19.8 Å². The largest absolute Gasteiger partial charge is 0.459 e. The predicted octanol–water partition coefficient (Wildman–Crippen LogP) is 2.22. The maximum Gasteiger partial charge on any atom is 0.355 e. The van der Waals surface area contributed by atoms with Gasteiger partial charge in [-0.05, 0) is 30.2 Å². The molecule has 1 aromatic carbocycles. The average molecular weight is 313 g/mol. The number of benzene rings is 1. The number of para-hydroxylation sites is 1. The maximum absolute atomic E-state index is 12.2. The Morgan fingerprint density at radius 1 is 1.30 bits per heavy atom. The molecule has 3 rings (SSSR count). The van der Waals surface area contributed by atoms with Gasteiger partial charge in [0.1, 0.15) is 12.3 Å². The summed E-state index contributed by atoms with van der Waals surface area (Å²) in [5, 5.41) is 2.81. The molecule has 2 heterocycles. The molecule has 2 amide bonds. The molecule has 0 bridgehead atoms. The number of amides is 2. The Hall–Kier alpha value is -2.76. The number of aromatic nitrogens is 1. The molecule has 0 atom stereocenters. The smallest absolute Gasteiger partial charge is 0.355 e. The van der Waals surface area contributed by atoms with Crippen LogP contribution in [0, 0.1) is 6.92 Å². The van der Waals surface area contributed by atoms with E-state index in [1.165, 1.54) is 0 Å². The fraction of sp³-hybridized carbons (Fsp3) is 0.294. The molecule has 1 aliphatic heterocycles. The zero-order valence-corrected chi connectivity index (χ0v) is 13.2. The second kappa shape index (κ2) is 6.16. The van der Waals surface area contributed by atoms with Crippen molar-refractivity contribution in [3.8, 4) is 0 Å². The van der Waals surface area contributed by atoms with Crippen molar-refractivity contribution >= 4 is 17.7 Å². The van der Waals surface area contributed by atoms with Gasteiger partial charge < -0.3 is 14.6 Å². The normalized spacial score (nSPS) is 13.5. The Labute approximate surface area is 134 Å². The minimum absolute atomic E-state index is 0.144. The highest BCUT2D eigenvalue weighted by molar-refractivity contribution is 5.95. The van der Waals surface area contributed by atoms with E-state index in [2.05, 4.69) is 5.32 Å². The third-order valence-corrected chi connectivity index (χ3v) is 3.97. The summed E-state index contributed by atoms with van der Waals surface area (Å²) in [5.74, 6) is -0.374. The second-order valence-electron chi connectivity index (χ2n) is 5.53. The molecule has 6 heteroatoms. The number of urea groups is 1. The number of hydrogen-bond donors (Lipinski definition) is 1. The molecular weight excluding hydrogens is 294 g/mol. The summed E-state index contributed by atoms with van der Waals surface area (Å²) in [6.45, 7) is 2.85. The lowest BCUT2D eigenvalue weighted by Crippen LogP contribution is -2.45.